The summed E-state index contributed by atoms with van der Waals surface area (Å²) in [5.74, 6) is 0. The van der Waals surface area contributed by atoms with E-state index in [4.69, 9.17) is 4.74 Å². The zero-order chi connectivity index (χ0) is 9.73. The monoisotopic (exact) mass is 185 g/mol. The highest BCUT2D eigenvalue weighted by Gasteiger charge is 2.30. The van der Waals surface area contributed by atoms with Gasteiger partial charge in [0.2, 0.25) is 0 Å². The topological polar surface area (TPSA) is 12.5 Å². The Morgan fingerprint density at radius 1 is 1.23 bits per heavy atom. The third kappa shape index (κ3) is 2.96. The van der Waals surface area contributed by atoms with Gasteiger partial charge in [-0.3, -0.25) is 0 Å². The first-order valence-electron chi connectivity index (χ1n) is 5.55. The molecule has 0 N–H and O–H groups in total. The summed E-state index contributed by atoms with van der Waals surface area (Å²) in [7, 11) is 2.21. The zero-order valence-corrected chi connectivity index (χ0v) is 9.31. The first-order valence-corrected chi connectivity index (χ1v) is 5.55. The van der Waals surface area contributed by atoms with Gasteiger partial charge in [-0.15, -0.1) is 0 Å². The van der Waals surface area contributed by atoms with Crippen LogP contribution in [0.25, 0.3) is 0 Å². The highest BCUT2D eigenvalue weighted by atomic mass is 16.5. The van der Waals surface area contributed by atoms with Crippen molar-refractivity contribution in [3.05, 3.63) is 0 Å². The Hall–Kier alpha value is -0.0800. The molecule has 0 saturated carbocycles. The molecule has 1 aliphatic heterocycles. The highest BCUT2D eigenvalue weighted by molar-refractivity contribution is 4.83. The minimum Gasteiger partial charge on any atom is -0.375 e. The summed E-state index contributed by atoms with van der Waals surface area (Å²) in [5.41, 5.74) is 0.194. The van der Waals surface area contributed by atoms with Gasteiger partial charge in [0.1, 0.15) is 0 Å². The van der Waals surface area contributed by atoms with Gasteiger partial charge in [-0.05, 0) is 46.2 Å². The van der Waals surface area contributed by atoms with Crippen LogP contribution in [0.15, 0.2) is 0 Å². The van der Waals surface area contributed by atoms with Crippen molar-refractivity contribution in [3.63, 3.8) is 0 Å². The number of hydrogen-bond donors (Lipinski definition) is 0. The van der Waals surface area contributed by atoms with E-state index >= 15 is 0 Å². The fraction of sp³-hybridized carbons (Fsp3) is 1.00. The normalized spacial score (nSPS) is 31.6. The average Bonchev–Trinajstić information content (AvgIpc) is 2.30. The second kappa shape index (κ2) is 4.97. The van der Waals surface area contributed by atoms with Crippen LogP contribution >= 0.6 is 0 Å². The Kier molecular flexibility index (Phi) is 4.20. The van der Waals surface area contributed by atoms with Crippen LogP contribution in [-0.2, 0) is 4.74 Å². The predicted molar refractivity (Wildman–Crippen MR) is 56.0 cm³/mol. The summed E-state index contributed by atoms with van der Waals surface area (Å²) in [6, 6.07) is 0. The molecule has 0 aromatic rings. The van der Waals surface area contributed by atoms with Crippen molar-refractivity contribution in [2.45, 2.75) is 45.1 Å². The Labute approximate surface area is 82.3 Å². The van der Waals surface area contributed by atoms with Gasteiger partial charge in [0.05, 0.1) is 5.60 Å². The molecule has 1 aliphatic rings. The van der Waals surface area contributed by atoms with Gasteiger partial charge in [0, 0.05) is 13.2 Å². The molecule has 0 amide bonds. The molecule has 0 aromatic carbocycles. The van der Waals surface area contributed by atoms with E-state index in [9.17, 15) is 0 Å². The minimum atomic E-state index is 0.194. The first kappa shape index (κ1) is 11.0. The third-order valence-electron chi connectivity index (χ3n) is 3.22. The van der Waals surface area contributed by atoms with E-state index in [1.807, 2.05) is 0 Å². The van der Waals surface area contributed by atoms with Crippen LogP contribution in [0.3, 0.4) is 0 Å². The van der Waals surface area contributed by atoms with E-state index in [2.05, 4.69) is 25.8 Å². The quantitative estimate of drug-likeness (QED) is 0.669. The van der Waals surface area contributed by atoms with E-state index in [1.165, 1.54) is 32.4 Å². The smallest absolute Gasteiger partial charge is 0.0692 e. The lowest BCUT2D eigenvalue weighted by molar-refractivity contribution is -0.0519. The standard InChI is InChI=1S/C11H23NO/c1-4-11(13-5-2)7-6-9-12(3)10-8-11/h4-10H2,1-3H3. The fourth-order valence-corrected chi connectivity index (χ4v) is 2.21. The van der Waals surface area contributed by atoms with E-state index < -0.39 is 0 Å². The molecule has 2 nitrogen and oxygen atoms in total. The number of likely N-dealkylation sites (tertiary alicyclic amines) is 1. The summed E-state index contributed by atoms with van der Waals surface area (Å²) in [6.45, 7) is 7.63. The van der Waals surface area contributed by atoms with Gasteiger partial charge in [0.25, 0.3) is 0 Å². The van der Waals surface area contributed by atoms with Gasteiger partial charge in [0.15, 0.2) is 0 Å². The molecule has 0 bridgehead atoms. The lowest BCUT2D eigenvalue weighted by atomic mass is 9.92. The summed E-state index contributed by atoms with van der Waals surface area (Å²) in [4.78, 5) is 2.41. The second-order valence-electron chi connectivity index (χ2n) is 4.13. The number of rotatable bonds is 3. The van der Waals surface area contributed by atoms with Crippen LogP contribution in [0.5, 0.6) is 0 Å². The Bertz CT molecular complexity index is 149. The zero-order valence-electron chi connectivity index (χ0n) is 9.31. The molecule has 1 heterocycles. The molecule has 1 saturated heterocycles. The van der Waals surface area contributed by atoms with Gasteiger partial charge >= 0.3 is 0 Å². The molecule has 0 radical (unpaired) electrons. The van der Waals surface area contributed by atoms with Gasteiger partial charge < -0.3 is 9.64 Å². The maximum Gasteiger partial charge on any atom is 0.0692 e. The van der Waals surface area contributed by atoms with Gasteiger partial charge in [-0.1, -0.05) is 6.92 Å². The lowest BCUT2D eigenvalue weighted by Gasteiger charge is -2.31. The summed E-state index contributed by atoms with van der Waals surface area (Å²) in [5, 5.41) is 0. The van der Waals surface area contributed by atoms with E-state index in [-0.39, 0.29) is 5.60 Å². The Balaban J connectivity index is 2.53. The molecule has 1 fully saturated rings. The van der Waals surface area contributed by atoms with Crippen molar-refractivity contribution in [1.82, 2.24) is 4.90 Å². The lowest BCUT2D eigenvalue weighted by Crippen LogP contribution is -2.33. The van der Waals surface area contributed by atoms with Crippen molar-refractivity contribution in [2.75, 3.05) is 26.7 Å². The van der Waals surface area contributed by atoms with Crippen LogP contribution in [-0.4, -0.2) is 37.2 Å². The molecule has 13 heavy (non-hydrogen) atoms. The molecule has 1 unspecified atom stereocenters. The summed E-state index contributed by atoms with van der Waals surface area (Å²) >= 11 is 0. The summed E-state index contributed by atoms with van der Waals surface area (Å²) < 4.78 is 5.92. The van der Waals surface area contributed by atoms with E-state index in [0.29, 0.717) is 0 Å². The molecule has 2 heteroatoms. The van der Waals surface area contributed by atoms with Crippen molar-refractivity contribution >= 4 is 0 Å². The molecule has 0 aliphatic carbocycles. The maximum absolute atomic E-state index is 5.92. The molecule has 1 rings (SSSR count). The number of hydrogen-bond acceptors (Lipinski definition) is 2. The predicted octanol–water partition coefficient (Wildman–Crippen LogP) is 2.29. The maximum atomic E-state index is 5.92. The average molecular weight is 185 g/mol. The van der Waals surface area contributed by atoms with Crippen molar-refractivity contribution in [2.24, 2.45) is 0 Å². The molecule has 0 aromatic heterocycles. The number of ether oxygens (including phenoxy) is 1. The molecule has 1 atom stereocenters. The first-order chi connectivity index (χ1) is 6.22. The van der Waals surface area contributed by atoms with E-state index in [0.717, 1.165) is 13.0 Å². The number of nitrogens with zero attached hydrogens (tertiary/aromatic N) is 1. The van der Waals surface area contributed by atoms with Crippen LogP contribution in [0.2, 0.25) is 0 Å². The Morgan fingerprint density at radius 3 is 2.62 bits per heavy atom. The van der Waals surface area contributed by atoms with Gasteiger partial charge in [-0.25, -0.2) is 0 Å². The second-order valence-corrected chi connectivity index (χ2v) is 4.13. The van der Waals surface area contributed by atoms with E-state index in [1.54, 1.807) is 0 Å². The SMILES string of the molecule is CCOC1(CC)CCCN(C)CC1. The van der Waals surface area contributed by atoms with Gasteiger partial charge in [-0.2, -0.15) is 0 Å². The largest absolute Gasteiger partial charge is 0.375 e. The van der Waals surface area contributed by atoms with Crippen molar-refractivity contribution in [3.8, 4) is 0 Å². The minimum absolute atomic E-state index is 0.194. The Morgan fingerprint density at radius 2 is 2.00 bits per heavy atom. The highest BCUT2D eigenvalue weighted by Crippen LogP contribution is 2.29. The molecule has 0 spiro atoms. The van der Waals surface area contributed by atoms with Crippen molar-refractivity contribution < 1.29 is 4.74 Å². The van der Waals surface area contributed by atoms with Crippen LogP contribution in [0.4, 0.5) is 0 Å². The fourth-order valence-electron chi connectivity index (χ4n) is 2.21. The van der Waals surface area contributed by atoms with Crippen molar-refractivity contribution in [1.29, 1.82) is 0 Å². The molecule has 78 valence electrons. The third-order valence-corrected chi connectivity index (χ3v) is 3.22. The van der Waals surface area contributed by atoms with Crippen LogP contribution in [0.1, 0.15) is 39.5 Å². The van der Waals surface area contributed by atoms with Crippen LogP contribution in [0, 0.1) is 0 Å². The molecular weight excluding hydrogens is 162 g/mol. The summed E-state index contributed by atoms with van der Waals surface area (Å²) in [6.07, 6.45) is 4.88. The molecular formula is C11H23NO. The van der Waals surface area contributed by atoms with Crippen LogP contribution < -0.4 is 0 Å².